The smallest absolute Gasteiger partial charge is 0.260 e. The Bertz CT molecular complexity index is 886. The average molecular weight is 438 g/mol. The molecule has 7 nitrogen and oxygen atoms in total. The number of benzene rings is 2. The minimum atomic E-state index is -0.0770. The van der Waals surface area contributed by atoms with Crippen LogP contribution in [0.3, 0.4) is 0 Å². The highest BCUT2D eigenvalue weighted by molar-refractivity contribution is 6.42. The highest BCUT2D eigenvalue weighted by Gasteiger charge is 2.18. The van der Waals surface area contributed by atoms with Crippen molar-refractivity contribution in [2.45, 2.75) is 0 Å². The van der Waals surface area contributed by atoms with Gasteiger partial charge in [0.05, 0.1) is 42.3 Å². The summed E-state index contributed by atoms with van der Waals surface area (Å²) in [6.07, 6.45) is 1.63. The van der Waals surface area contributed by atoms with Crippen LogP contribution in [0.4, 0.5) is 5.69 Å². The molecule has 1 fully saturated rings. The van der Waals surface area contributed by atoms with E-state index < -0.39 is 0 Å². The van der Waals surface area contributed by atoms with Crippen LogP contribution in [0.25, 0.3) is 0 Å². The molecule has 1 saturated heterocycles. The van der Waals surface area contributed by atoms with Gasteiger partial charge in [0.2, 0.25) is 0 Å². The van der Waals surface area contributed by atoms with Gasteiger partial charge >= 0.3 is 0 Å². The first-order valence-electron chi connectivity index (χ1n) is 8.97. The molecule has 154 valence electrons. The molecule has 0 bridgehead atoms. The Balaban J connectivity index is 1.58. The van der Waals surface area contributed by atoms with Crippen molar-refractivity contribution in [3.63, 3.8) is 0 Å². The number of amides is 1. The van der Waals surface area contributed by atoms with Crippen molar-refractivity contribution in [3.8, 4) is 11.5 Å². The van der Waals surface area contributed by atoms with Gasteiger partial charge in [-0.3, -0.25) is 10.2 Å². The van der Waals surface area contributed by atoms with Gasteiger partial charge < -0.3 is 19.1 Å². The summed E-state index contributed by atoms with van der Waals surface area (Å²) in [7, 11) is 1.54. The summed E-state index contributed by atoms with van der Waals surface area (Å²) in [5, 5.41) is 5.10. The van der Waals surface area contributed by atoms with Crippen molar-refractivity contribution in [3.05, 3.63) is 52.0 Å². The predicted octanol–water partition coefficient (Wildman–Crippen LogP) is 3.69. The predicted molar refractivity (Wildman–Crippen MR) is 114 cm³/mol. The van der Waals surface area contributed by atoms with Gasteiger partial charge in [0.1, 0.15) is 0 Å². The van der Waals surface area contributed by atoms with Crippen LogP contribution < -0.4 is 14.9 Å². The number of anilines is 1. The molecule has 1 amide bonds. The molecular formula is C20H21Cl2N3O4. The second-order valence-electron chi connectivity index (χ2n) is 6.19. The van der Waals surface area contributed by atoms with E-state index in [2.05, 4.69) is 10.5 Å². The van der Waals surface area contributed by atoms with Crippen LogP contribution in [0.2, 0.25) is 10.0 Å². The number of halogens is 2. The minimum absolute atomic E-state index is 0.0529. The van der Waals surface area contributed by atoms with E-state index in [9.17, 15) is 4.79 Å². The molecule has 0 radical (unpaired) electrons. The Labute approximate surface area is 179 Å². The number of hydrogen-bond acceptors (Lipinski definition) is 6. The van der Waals surface area contributed by atoms with Gasteiger partial charge in [0, 0.05) is 13.1 Å². The number of hydrazone groups is 1. The number of rotatable bonds is 7. The van der Waals surface area contributed by atoms with E-state index in [1.165, 1.54) is 0 Å². The summed E-state index contributed by atoms with van der Waals surface area (Å²) in [5.41, 5.74) is 4.39. The quantitative estimate of drug-likeness (QED) is 0.528. The number of nitrogens with zero attached hydrogens (tertiary/aromatic N) is 2. The summed E-state index contributed by atoms with van der Waals surface area (Å²) in [6.45, 7) is 2.22. The van der Waals surface area contributed by atoms with Gasteiger partial charge in [-0.15, -0.1) is 0 Å². The van der Waals surface area contributed by atoms with E-state index in [1.807, 2.05) is 6.07 Å². The van der Waals surface area contributed by atoms with Crippen molar-refractivity contribution in [2.75, 3.05) is 45.4 Å². The lowest BCUT2D eigenvalue weighted by Crippen LogP contribution is -2.43. The zero-order valence-corrected chi connectivity index (χ0v) is 17.4. The summed E-state index contributed by atoms with van der Waals surface area (Å²) >= 11 is 11.9. The van der Waals surface area contributed by atoms with Crippen LogP contribution >= 0.6 is 23.2 Å². The molecule has 2 aromatic carbocycles. The molecule has 3 rings (SSSR count). The van der Waals surface area contributed by atoms with Crippen molar-refractivity contribution in [1.29, 1.82) is 0 Å². The number of carbonyl (C=O) groups excluding carboxylic acids is 1. The Morgan fingerprint density at radius 2 is 1.97 bits per heavy atom. The van der Waals surface area contributed by atoms with E-state index >= 15 is 0 Å². The molecule has 1 aliphatic heterocycles. The molecule has 0 unspecified atom stereocenters. The fourth-order valence-corrected chi connectivity index (χ4v) is 2.97. The maximum Gasteiger partial charge on any atom is 0.260 e. The normalized spacial score (nSPS) is 14.1. The van der Waals surface area contributed by atoms with E-state index in [1.54, 1.807) is 48.6 Å². The van der Waals surface area contributed by atoms with Crippen molar-refractivity contribution >= 4 is 41.0 Å². The van der Waals surface area contributed by atoms with Crippen molar-refractivity contribution < 1.29 is 19.0 Å². The van der Waals surface area contributed by atoms with Crippen LogP contribution in [0.5, 0.6) is 11.5 Å². The van der Waals surface area contributed by atoms with E-state index in [0.29, 0.717) is 53.5 Å². The third kappa shape index (κ3) is 6.00. The Morgan fingerprint density at radius 1 is 1.17 bits per heavy atom. The third-order valence-corrected chi connectivity index (χ3v) is 4.97. The maximum absolute atomic E-state index is 12.2. The number of methoxy groups -OCH3 is 1. The standard InChI is InChI=1S/C20H21Cl2N3O4/c1-27-19-10-14(12-23-24-15-3-4-16(21)17(22)11-15)2-5-18(19)29-13-20(26)25-6-8-28-9-7-25/h2-5,10-12,24H,6-9,13H2,1H3/b23-12+. The molecule has 0 saturated carbocycles. The van der Waals surface area contributed by atoms with Crippen LogP contribution in [0.1, 0.15) is 5.56 Å². The molecule has 9 heteroatoms. The van der Waals surface area contributed by atoms with E-state index in [0.717, 1.165) is 5.56 Å². The second kappa shape index (κ2) is 10.3. The van der Waals surface area contributed by atoms with Gasteiger partial charge in [-0.2, -0.15) is 5.10 Å². The fourth-order valence-electron chi connectivity index (χ4n) is 2.67. The SMILES string of the molecule is COc1cc(/C=N/Nc2ccc(Cl)c(Cl)c2)ccc1OCC(=O)N1CCOCC1. The number of carbonyl (C=O) groups is 1. The van der Waals surface area contributed by atoms with E-state index in [-0.39, 0.29) is 12.5 Å². The first kappa shape index (κ1) is 21.2. The maximum atomic E-state index is 12.2. The Hall–Kier alpha value is -2.48. The molecule has 0 atom stereocenters. The molecule has 2 aromatic rings. The molecule has 0 aromatic heterocycles. The number of ether oxygens (including phenoxy) is 3. The van der Waals surface area contributed by atoms with Gasteiger partial charge in [-0.05, 0) is 42.0 Å². The number of morpholine rings is 1. The van der Waals surface area contributed by atoms with Gasteiger partial charge in [0.15, 0.2) is 18.1 Å². The highest BCUT2D eigenvalue weighted by Crippen LogP contribution is 2.28. The Kier molecular flexibility index (Phi) is 7.57. The monoisotopic (exact) mass is 437 g/mol. The third-order valence-electron chi connectivity index (χ3n) is 4.23. The highest BCUT2D eigenvalue weighted by atomic mass is 35.5. The summed E-state index contributed by atoms with van der Waals surface area (Å²) in [4.78, 5) is 13.9. The minimum Gasteiger partial charge on any atom is -0.493 e. The summed E-state index contributed by atoms with van der Waals surface area (Å²) in [5.74, 6) is 0.925. The second-order valence-corrected chi connectivity index (χ2v) is 7.01. The fraction of sp³-hybridized carbons (Fsp3) is 0.300. The summed E-state index contributed by atoms with van der Waals surface area (Å²) in [6, 6.07) is 10.5. The van der Waals surface area contributed by atoms with Crippen molar-refractivity contribution in [1.82, 2.24) is 4.90 Å². The topological polar surface area (TPSA) is 72.4 Å². The molecule has 1 aliphatic rings. The zero-order valence-electron chi connectivity index (χ0n) is 15.9. The van der Waals surface area contributed by atoms with Crippen molar-refractivity contribution in [2.24, 2.45) is 5.10 Å². The Morgan fingerprint density at radius 3 is 2.69 bits per heavy atom. The first-order valence-corrected chi connectivity index (χ1v) is 9.73. The van der Waals surface area contributed by atoms with Crippen LogP contribution in [-0.4, -0.2) is 57.0 Å². The average Bonchev–Trinajstić information content (AvgIpc) is 2.75. The number of hydrogen-bond donors (Lipinski definition) is 1. The molecule has 1 heterocycles. The molecular weight excluding hydrogens is 417 g/mol. The van der Waals surface area contributed by atoms with Gasteiger partial charge in [-0.25, -0.2) is 0 Å². The largest absolute Gasteiger partial charge is 0.493 e. The van der Waals surface area contributed by atoms with E-state index in [4.69, 9.17) is 37.4 Å². The number of nitrogens with one attached hydrogen (secondary N) is 1. The zero-order chi connectivity index (χ0) is 20.6. The molecule has 29 heavy (non-hydrogen) atoms. The van der Waals surface area contributed by atoms with Gasteiger partial charge in [0.25, 0.3) is 5.91 Å². The van der Waals surface area contributed by atoms with Crippen LogP contribution in [0, 0.1) is 0 Å². The lowest BCUT2D eigenvalue weighted by Gasteiger charge is -2.26. The molecule has 0 spiro atoms. The lowest BCUT2D eigenvalue weighted by molar-refractivity contribution is -0.137. The van der Waals surface area contributed by atoms with Crippen LogP contribution in [-0.2, 0) is 9.53 Å². The first-order chi connectivity index (χ1) is 14.1. The lowest BCUT2D eigenvalue weighted by atomic mass is 10.2. The molecule has 0 aliphatic carbocycles. The molecule has 1 N–H and O–H groups in total. The van der Waals surface area contributed by atoms with Gasteiger partial charge in [-0.1, -0.05) is 23.2 Å². The summed E-state index contributed by atoms with van der Waals surface area (Å²) < 4.78 is 16.3. The van der Waals surface area contributed by atoms with Crippen LogP contribution in [0.15, 0.2) is 41.5 Å².